The van der Waals surface area contributed by atoms with Crippen molar-refractivity contribution in [2.75, 3.05) is 0 Å². The molecule has 0 radical (unpaired) electrons. The minimum Gasteiger partial charge on any atom is -0.481 e. The molecule has 5 aliphatic rings. The van der Waals surface area contributed by atoms with Crippen molar-refractivity contribution in [3.05, 3.63) is 0 Å². The van der Waals surface area contributed by atoms with Crippen molar-refractivity contribution in [1.29, 1.82) is 0 Å². The summed E-state index contributed by atoms with van der Waals surface area (Å²) in [5.74, 6) is 0.885. The Bertz CT molecular complexity index is 437. The Morgan fingerprint density at radius 2 is 1.43 bits per heavy atom. The Balaban J connectivity index is 1.48. The SMILES string of the molecule is O=C(O)[C@H]1CCC[C@H]1C(=O)NC12CC3CC(CC(C3)C1)C2. The molecular formula is C17H25NO3. The Labute approximate surface area is 125 Å². The topological polar surface area (TPSA) is 66.4 Å². The van der Waals surface area contributed by atoms with Gasteiger partial charge in [-0.2, -0.15) is 0 Å². The van der Waals surface area contributed by atoms with Crippen LogP contribution in [0.3, 0.4) is 0 Å². The highest BCUT2D eigenvalue weighted by atomic mass is 16.4. The summed E-state index contributed by atoms with van der Waals surface area (Å²) < 4.78 is 0. The summed E-state index contributed by atoms with van der Waals surface area (Å²) in [5.41, 5.74) is 0.0114. The lowest BCUT2D eigenvalue weighted by molar-refractivity contribution is -0.147. The Morgan fingerprint density at radius 3 is 1.95 bits per heavy atom. The van der Waals surface area contributed by atoms with Crippen LogP contribution in [0.15, 0.2) is 0 Å². The van der Waals surface area contributed by atoms with Gasteiger partial charge in [-0.05, 0) is 69.1 Å². The number of carbonyl (C=O) groups is 2. The van der Waals surface area contributed by atoms with E-state index in [0.717, 1.165) is 49.9 Å². The minimum absolute atomic E-state index is 0.0114. The number of aliphatic carboxylic acids is 1. The van der Waals surface area contributed by atoms with E-state index in [1.807, 2.05) is 0 Å². The standard InChI is InChI=1S/C17H25NO3/c19-15(13-2-1-3-14(13)16(20)21)18-17-7-10-4-11(8-17)6-12(5-10)9-17/h10-14H,1-9H2,(H,18,19)(H,20,21)/t10?,11?,12?,13-,14+,17?/m1/s1. The third-order valence-corrected chi connectivity index (χ3v) is 6.60. The maximum absolute atomic E-state index is 12.7. The van der Waals surface area contributed by atoms with Crippen LogP contribution in [-0.2, 0) is 9.59 Å². The molecule has 5 saturated carbocycles. The van der Waals surface area contributed by atoms with Gasteiger partial charge in [0.2, 0.25) is 5.91 Å². The first-order valence-corrected chi connectivity index (χ1v) is 8.59. The fourth-order valence-electron chi connectivity index (χ4n) is 6.19. The van der Waals surface area contributed by atoms with E-state index in [2.05, 4.69) is 5.32 Å². The fourth-order valence-corrected chi connectivity index (χ4v) is 6.19. The number of hydrogen-bond donors (Lipinski definition) is 2. The molecule has 21 heavy (non-hydrogen) atoms. The van der Waals surface area contributed by atoms with Crippen LogP contribution in [0.25, 0.3) is 0 Å². The van der Waals surface area contributed by atoms with Crippen LogP contribution < -0.4 is 5.32 Å². The molecule has 0 spiro atoms. The van der Waals surface area contributed by atoms with E-state index >= 15 is 0 Å². The quantitative estimate of drug-likeness (QED) is 0.840. The zero-order valence-corrected chi connectivity index (χ0v) is 12.5. The molecule has 116 valence electrons. The lowest BCUT2D eigenvalue weighted by Gasteiger charge is -2.57. The number of hydrogen-bond acceptors (Lipinski definition) is 2. The van der Waals surface area contributed by atoms with Gasteiger partial charge >= 0.3 is 5.97 Å². The van der Waals surface area contributed by atoms with Crippen LogP contribution in [0, 0.1) is 29.6 Å². The second kappa shape index (κ2) is 4.72. The van der Waals surface area contributed by atoms with Crippen LogP contribution in [0.5, 0.6) is 0 Å². The highest BCUT2D eigenvalue weighted by Gasteiger charge is 2.52. The molecule has 5 rings (SSSR count). The van der Waals surface area contributed by atoms with Gasteiger partial charge in [0.1, 0.15) is 0 Å². The summed E-state index contributed by atoms with van der Waals surface area (Å²) in [6, 6.07) is 0. The number of amides is 1. The average Bonchev–Trinajstić information content (AvgIpc) is 2.85. The largest absolute Gasteiger partial charge is 0.481 e. The molecule has 1 amide bonds. The van der Waals surface area contributed by atoms with E-state index < -0.39 is 11.9 Å². The normalized spacial score (nSPS) is 47.5. The predicted molar refractivity (Wildman–Crippen MR) is 77.5 cm³/mol. The summed E-state index contributed by atoms with van der Waals surface area (Å²) in [4.78, 5) is 24.0. The van der Waals surface area contributed by atoms with Gasteiger partial charge in [-0.15, -0.1) is 0 Å². The Hall–Kier alpha value is -1.06. The van der Waals surface area contributed by atoms with Gasteiger partial charge < -0.3 is 10.4 Å². The minimum atomic E-state index is -0.793. The molecule has 4 bridgehead atoms. The second-order valence-corrected chi connectivity index (χ2v) is 8.17. The molecule has 4 heteroatoms. The molecule has 2 N–H and O–H groups in total. The number of carbonyl (C=O) groups excluding carboxylic acids is 1. The van der Waals surface area contributed by atoms with Gasteiger partial charge in [-0.1, -0.05) is 6.42 Å². The van der Waals surface area contributed by atoms with Crippen molar-refractivity contribution in [2.45, 2.75) is 63.3 Å². The van der Waals surface area contributed by atoms with Crippen LogP contribution >= 0.6 is 0 Å². The summed E-state index contributed by atoms with van der Waals surface area (Å²) in [7, 11) is 0. The number of rotatable bonds is 3. The molecule has 0 aliphatic heterocycles. The first-order valence-electron chi connectivity index (χ1n) is 8.59. The molecule has 0 aromatic carbocycles. The van der Waals surface area contributed by atoms with E-state index in [1.54, 1.807) is 0 Å². The smallest absolute Gasteiger partial charge is 0.307 e. The van der Waals surface area contributed by atoms with Crippen LogP contribution in [0.4, 0.5) is 0 Å². The van der Waals surface area contributed by atoms with E-state index in [0.29, 0.717) is 6.42 Å². The first kappa shape index (κ1) is 13.6. The highest BCUT2D eigenvalue weighted by Crippen LogP contribution is 2.55. The van der Waals surface area contributed by atoms with Crippen molar-refractivity contribution in [2.24, 2.45) is 29.6 Å². The number of nitrogens with one attached hydrogen (secondary N) is 1. The zero-order chi connectivity index (χ0) is 14.6. The van der Waals surface area contributed by atoms with Gasteiger partial charge in [0.25, 0.3) is 0 Å². The third-order valence-electron chi connectivity index (χ3n) is 6.60. The van der Waals surface area contributed by atoms with Gasteiger partial charge in [0.15, 0.2) is 0 Å². The van der Waals surface area contributed by atoms with E-state index in [4.69, 9.17) is 0 Å². The fraction of sp³-hybridized carbons (Fsp3) is 0.882. The first-order chi connectivity index (χ1) is 10.0. The Kier molecular flexibility index (Phi) is 3.05. The van der Waals surface area contributed by atoms with Crippen molar-refractivity contribution in [3.63, 3.8) is 0 Å². The molecular weight excluding hydrogens is 266 g/mol. The van der Waals surface area contributed by atoms with Crippen molar-refractivity contribution >= 4 is 11.9 Å². The molecule has 0 heterocycles. The summed E-state index contributed by atoms with van der Waals surface area (Å²) in [6.45, 7) is 0. The lowest BCUT2D eigenvalue weighted by atomic mass is 9.53. The number of carboxylic acids is 1. The highest BCUT2D eigenvalue weighted by molar-refractivity contribution is 5.85. The van der Waals surface area contributed by atoms with Gasteiger partial charge in [0.05, 0.1) is 11.8 Å². The predicted octanol–water partition coefficient (Wildman–Crippen LogP) is 2.57. The summed E-state index contributed by atoms with van der Waals surface area (Å²) >= 11 is 0. The van der Waals surface area contributed by atoms with Crippen LogP contribution in [-0.4, -0.2) is 22.5 Å². The van der Waals surface area contributed by atoms with E-state index in [9.17, 15) is 14.7 Å². The number of carboxylic acid groups (broad SMARTS) is 1. The lowest BCUT2D eigenvalue weighted by Crippen LogP contribution is -2.61. The molecule has 0 saturated heterocycles. The van der Waals surface area contributed by atoms with Crippen molar-refractivity contribution in [1.82, 2.24) is 5.32 Å². The molecule has 0 aromatic heterocycles. The molecule has 4 nitrogen and oxygen atoms in total. The maximum atomic E-state index is 12.7. The second-order valence-electron chi connectivity index (χ2n) is 8.17. The van der Waals surface area contributed by atoms with Gasteiger partial charge in [0, 0.05) is 5.54 Å². The van der Waals surface area contributed by atoms with Crippen molar-refractivity contribution in [3.8, 4) is 0 Å². The maximum Gasteiger partial charge on any atom is 0.307 e. The molecule has 5 aliphatic carbocycles. The van der Waals surface area contributed by atoms with Gasteiger partial charge in [-0.3, -0.25) is 9.59 Å². The molecule has 0 aromatic rings. The van der Waals surface area contributed by atoms with E-state index in [1.165, 1.54) is 19.3 Å². The monoisotopic (exact) mass is 291 g/mol. The van der Waals surface area contributed by atoms with E-state index in [-0.39, 0.29) is 17.4 Å². The molecule has 0 unspecified atom stereocenters. The summed E-state index contributed by atoms with van der Waals surface area (Å²) in [5, 5.41) is 12.6. The van der Waals surface area contributed by atoms with Crippen LogP contribution in [0.2, 0.25) is 0 Å². The summed E-state index contributed by atoms with van der Waals surface area (Å²) in [6.07, 6.45) is 9.75. The molecule has 5 fully saturated rings. The third kappa shape index (κ3) is 2.27. The van der Waals surface area contributed by atoms with Crippen LogP contribution in [0.1, 0.15) is 57.8 Å². The zero-order valence-electron chi connectivity index (χ0n) is 12.5. The Morgan fingerprint density at radius 1 is 0.905 bits per heavy atom. The van der Waals surface area contributed by atoms with Crippen molar-refractivity contribution < 1.29 is 14.7 Å². The average molecular weight is 291 g/mol. The molecule has 2 atom stereocenters. The van der Waals surface area contributed by atoms with Gasteiger partial charge in [-0.25, -0.2) is 0 Å².